The lowest BCUT2D eigenvalue weighted by Crippen LogP contribution is -1.93. The van der Waals surface area contributed by atoms with Crippen LogP contribution in [0, 0.1) is 3.57 Å². The summed E-state index contributed by atoms with van der Waals surface area (Å²) in [6, 6.07) is 13.2. The van der Waals surface area contributed by atoms with Crippen LogP contribution in [0.5, 0.6) is 0 Å². The number of nitrogens with zero attached hydrogens (tertiary/aromatic N) is 8. The molecule has 6 aromatic rings. The van der Waals surface area contributed by atoms with Crippen LogP contribution in [0.3, 0.4) is 0 Å². The van der Waals surface area contributed by atoms with Gasteiger partial charge in [0.2, 0.25) is 0 Å². The Hall–Kier alpha value is -3.70. The van der Waals surface area contributed by atoms with Gasteiger partial charge in [0.15, 0.2) is 0 Å². The van der Waals surface area contributed by atoms with Crippen LogP contribution in [0.1, 0.15) is 0 Å². The van der Waals surface area contributed by atoms with Crippen molar-refractivity contribution in [1.29, 1.82) is 0 Å². The van der Waals surface area contributed by atoms with Gasteiger partial charge in [-0.15, -0.1) is 0 Å². The molecule has 0 fully saturated rings. The molecule has 34 heavy (non-hydrogen) atoms. The predicted molar refractivity (Wildman–Crippen MR) is 139 cm³/mol. The fourth-order valence-corrected chi connectivity index (χ4v) is 3.73. The fraction of sp³-hybridized carbons (Fsp3) is 0. The molecule has 0 aliphatic carbocycles. The van der Waals surface area contributed by atoms with Crippen molar-refractivity contribution >= 4 is 45.2 Å². The Morgan fingerprint density at radius 1 is 0.676 bits per heavy atom. The Morgan fingerprint density at radius 2 is 1.32 bits per heavy atom. The molecule has 6 heterocycles. The lowest BCUT2D eigenvalue weighted by Gasteiger charge is -2.01. The molecule has 8 nitrogen and oxygen atoms in total. The van der Waals surface area contributed by atoms with Crippen LogP contribution in [-0.4, -0.2) is 39.5 Å². The van der Waals surface area contributed by atoms with E-state index >= 15 is 0 Å². The number of hydrogen-bond acceptors (Lipinski definition) is 6. The molecule has 0 radical (unpaired) electrons. The van der Waals surface area contributed by atoms with Gasteiger partial charge in [-0.05, 0) is 65.1 Å². The van der Waals surface area contributed by atoms with Crippen molar-refractivity contribution in [2.24, 2.45) is 0 Å². The molecule has 0 N–H and O–H groups in total. The van der Waals surface area contributed by atoms with E-state index in [1.165, 1.54) is 0 Å². The molecule has 0 bridgehead atoms. The number of rotatable bonds is 3. The first-order valence-corrected chi connectivity index (χ1v) is 11.6. The molecular formula is C24H16ClIN8. The highest BCUT2D eigenvalue weighted by Gasteiger charge is 2.06. The lowest BCUT2D eigenvalue weighted by atomic mass is 10.1. The summed E-state index contributed by atoms with van der Waals surface area (Å²) in [5.41, 5.74) is 5.48. The minimum atomic E-state index is 0.457. The van der Waals surface area contributed by atoms with Crippen LogP contribution < -0.4 is 0 Å². The van der Waals surface area contributed by atoms with Gasteiger partial charge < -0.3 is 0 Å². The normalized spacial score (nSPS) is 10.6. The van der Waals surface area contributed by atoms with E-state index in [2.05, 4.69) is 52.7 Å². The zero-order chi connectivity index (χ0) is 23.3. The van der Waals surface area contributed by atoms with E-state index in [0.29, 0.717) is 5.15 Å². The molecule has 0 unspecified atom stereocenters. The summed E-state index contributed by atoms with van der Waals surface area (Å²) in [6.07, 6.45) is 16.3. The number of halogens is 2. The Bertz CT molecular complexity index is 1530. The molecule has 0 aliphatic heterocycles. The van der Waals surface area contributed by atoms with Gasteiger partial charge in [-0.3, -0.25) is 15.0 Å². The maximum Gasteiger partial charge on any atom is 0.129 e. The van der Waals surface area contributed by atoms with E-state index in [1.807, 2.05) is 65.9 Å². The molecule has 0 saturated heterocycles. The summed E-state index contributed by atoms with van der Waals surface area (Å²) < 4.78 is 4.75. The monoisotopic (exact) mass is 578 g/mol. The number of aromatic nitrogens is 8. The molecule has 6 rings (SSSR count). The minimum absolute atomic E-state index is 0.457. The molecule has 6 aromatic heterocycles. The third kappa shape index (κ3) is 5.10. The van der Waals surface area contributed by atoms with E-state index < -0.39 is 0 Å². The Morgan fingerprint density at radius 3 is 1.97 bits per heavy atom. The van der Waals surface area contributed by atoms with Gasteiger partial charge in [0.05, 0.1) is 38.4 Å². The second-order valence-corrected chi connectivity index (χ2v) is 8.72. The summed E-state index contributed by atoms with van der Waals surface area (Å²) >= 11 is 8.17. The van der Waals surface area contributed by atoms with Gasteiger partial charge in [-0.1, -0.05) is 11.6 Å². The maximum atomic E-state index is 5.94. The second-order valence-electron chi connectivity index (χ2n) is 7.08. The Balaban J connectivity index is 0.000000169. The molecule has 0 aliphatic rings. The van der Waals surface area contributed by atoms with Crippen LogP contribution in [0.4, 0.5) is 0 Å². The molecule has 166 valence electrons. The quantitative estimate of drug-likeness (QED) is 0.206. The third-order valence-electron chi connectivity index (χ3n) is 4.82. The molecule has 10 heteroatoms. The number of hydrogen-bond donors (Lipinski definition) is 0. The first-order chi connectivity index (χ1) is 16.7. The van der Waals surface area contributed by atoms with Gasteiger partial charge in [-0.2, -0.15) is 10.2 Å². The van der Waals surface area contributed by atoms with Crippen LogP contribution in [0.15, 0.2) is 98.2 Å². The zero-order valence-electron chi connectivity index (χ0n) is 17.6. The largest absolute Gasteiger partial charge is 0.265 e. The van der Waals surface area contributed by atoms with E-state index in [0.717, 1.165) is 37.1 Å². The van der Waals surface area contributed by atoms with E-state index in [1.54, 1.807) is 41.7 Å². The van der Waals surface area contributed by atoms with Crippen molar-refractivity contribution in [3.63, 3.8) is 0 Å². The van der Waals surface area contributed by atoms with E-state index in [4.69, 9.17) is 11.6 Å². The van der Waals surface area contributed by atoms with Crippen molar-refractivity contribution in [1.82, 2.24) is 39.5 Å². The zero-order valence-corrected chi connectivity index (χ0v) is 20.5. The van der Waals surface area contributed by atoms with Gasteiger partial charge in [0.25, 0.3) is 0 Å². The highest BCUT2D eigenvalue weighted by molar-refractivity contribution is 14.1. The third-order valence-corrected chi connectivity index (χ3v) is 5.59. The number of fused-ring (bicyclic) bond motifs is 1. The topological polar surface area (TPSA) is 87.2 Å². The summed E-state index contributed by atoms with van der Waals surface area (Å²) in [5.74, 6) is 0. The molecule has 0 atom stereocenters. The van der Waals surface area contributed by atoms with Crippen molar-refractivity contribution in [2.75, 3.05) is 0 Å². The Labute approximate surface area is 213 Å². The SMILES string of the molecule is Clc1ccc2ncc(-c3cnn(-c4ccncc4)c3)cc2n1.Ic1cnn(-c2ccncc2)c1. The standard InChI is InChI=1S/C16H10ClN5.C8H6IN3/c17-16-2-1-14-15(21-16)7-11(8-19-14)12-9-20-22(10-12)13-3-5-18-6-4-13;9-7-5-11-12(6-7)8-1-3-10-4-2-8/h1-10H;1-6H. The first-order valence-electron chi connectivity index (χ1n) is 10.1. The van der Waals surface area contributed by atoms with Crippen LogP contribution >= 0.6 is 34.2 Å². The van der Waals surface area contributed by atoms with Crippen molar-refractivity contribution in [2.45, 2.75) is 0 Å². The van der Waals surface area contributed by atoms with Crippen LogP contribution in [0.2, 0.25) is 5.15 Å². The number of pyridine rings is 4. The predicted octanol–water partition coefficient (Wildman–Crippen LogP) is 5.40. The van der Waals surface area contributed by atoms with Gasteiger partial charge in [-0.25, -0.2) is 14.3 Å². The summed E-state index contributed by atoms with van der Waals surface area (Å²) in [6.45, 7) is 0. The molecular weight excluding hydrogens is 563 g/mol. The van der Waals surface area contributed by atoms with E-state index in [9.17, 15) is 0 Å². The van der Waals surface area contributed by atoms with Crippen LogP contribution in [-0.2, 0) is 0 Å². The Kier molecular flexibility index (Phi) is 6.54. The van der Waals surface area contributed by atoms with Gasteiger partial charge >= 0.3 is 0 Å². The molecule has 0 spiro atoms. The molecule has 0 aromatic carbocycles. The summed E-state index contributed by atoms with van der Waals surface area (Å²) in [5, 5.41) is 9.00. The van der Waals surface area contributed by atoms with Gasteiger partial charge in [0, 0.05) is 54.5 Å². The maximum absolute atomic E-state index is 5.94. The highest BCUT2D eigenvalue weighted by atomic mass is 127. The van der Waals surface area contributed by atoms with Gasteiger partial charge in [0.1, 0.15) is 5.15 Å². The van der Waals surface area contributed by atoms with Crippen molar-refractivity contribution in [3.8, 4) is 22.5 Å². The van der Waals surface area contributed by atoms with Crippen molar-refractivity contribution in [3.05, 3.63) is 107 Å². The van der Waals surface area contributed by atoms with Crippen LogP contribution in [0.25, 0.3) is 33.5 Å². The first kappa shape index (κ1) is 22.1. The average Bonchev–Trinajstić information content (AvgIpc) is 3.55. The lowest BCUT2D eigenvalue weighted by molar-refractivity contribution is 0.877. The fourth-order valence-electron chi connectivity index (χ4n) is 3.19. The summed E-state index contributed by atoms with van der Waals surface area (Å²) in [4.78, 5) is 16.6. The van der Waals surface area contributed by atoms with E-state index in [-0.39, 0.29) is 0 Å². The smallest absolute Gasteiger partial charge is 0.129 e. The molecule has 0 saturated carbocycles. The minimum Gasteiger partial charge on any atom is -0.265 e. The summed E-state index contributed by atoms with van der Waals surface area (Å²) in [7, 11) is 0. The van der Waals surface area contributed by atoms with Crippen molar-refractivity contribution < 1.29 is 0 Å². The highest BCUT2D eigenvalue weighted by Crippen LogP contribution is 2.23. The molecule has 0 amide bonds. The average molecular weight is 579 g/mol. The second kappa shape index (κ2) is 10.1.